The van der Waals surface area contributed by atoms with Crippen molar-refractivity contribution >= 4 is 0 Å². The van der Waals surface area contributed by atoms with Crippen molar-refractivity contribution in [2.45, 2.75) is 57.4 Å². The number of hydrogen-bond donors (Lipinski definition) is 1. The van der Waals surface area contributed by atoms with Crippen molar-refractivity contribution in [2.24, 2.45) is 11.3 Å². The minimum atomic E-state index is 0.329. The number of nitrogens with one attached hydrogen (secondary N) is 1. The van der Waals surface area contributed by atoms with Crippen LogP contribution in [-0.2, 0) is 16.1 Å². The number of fused-ring (bicyclic) bond motifs is 2. The Balaban J connectivity index is 1.50. The Labute approximate surface area is 144 Å². The highest BCUT2D eigenvalue weighted by atomic mass is 16.5. The number of rotatable bonds is 6. The second-order valence-corrected chi connectivity index (χ2v) is 7.70. The Morgan fingerprint density at radius 1 is 1.33 bits per heavy atom. The molecule has 132 valence electrons. The molecule has 4 atom stereocenters. The zero-order valence-corrected chi connectivity index (χ0v) is 15.0. The van der Waals surface area contributed by atoms with E-state index in [0.717, 1.165) is 17.9 Å². The first-order valence-corrected chi connectivity index (χ1v) is 9.23. The fraction of sp³-hybridized carbons (Fsp3) is 0.700. The van der Waals surface area contributed by atoms with E-state index >= 15 is 0 Å². The number of benzene rings is 1. The molecule has 3 aliphatic rings. The fourth-order valence-corrected chi connectivity index (χ4v) is 5.20. The Morgan fingerprint density at radius 2 is 2.17 bits per heavy atom. The standard InChI is InChI=1S/C20H29NO3/c1-13(14-5-6-17(23-3)15(11-14)12-22-2)21-18-16-7-10-24-19(16)20(18)8-4-9-20/h5-6,11,13,16,18-19,21H,4,7-10,12H2,1-3H3/t13-,16-,18+,19-/m0/s1. The van der Waals surface area contributed by atoms with Crippen molar-refractivity contribution < 1.29 is 14.2 Å². The molecule has 24 heavy (non-hydrogen) atoms. The highest BCUT2D eigenvalue weighted by Gasteiger charge is 2.66. The van der Waals surface area contributed by atoms with E-state index in [0.29, 0.717) is 36.1 Å². The minimum Gasteiger partial charge on any atom is -0.496 e. The number of ether oxygens (including phenoxy) is 3. The van der Waals surface area contributed by atoms with Crippen LogP contribution in [0.2, 0.25) is 0 Å². The quantitative estimate of drug-likeness (QED) is 0.867. The second kappa shape index (κ2) is 6.32. The fourth-order valence-electron chi connectivity index (χ4n) is 5.20. The van der Waals surface area contributed by atoms with E-state index in [4.69, 9.17) is 14.2 Å². The van der Waals surface area contributed by atoms with Gasteiger partial charge in [-0.15, -0.1) is 0 Å². The molecule has 4 heteroatoms. The first-order valence-electron chi connectivity index (χ1n) is 9.23. The largest absolute Gasteiger partial charge is 0.496 e. The predicted octanol–water partition coefficient (Wildman–Crippen LogP) is 3.45. The SMILES string of the molecule is COCc1cc([C@H](C)N[C@@H]2[C@@H]3CCO[C@@H]3C23CCC3)ccc1OC. The van der Waals surface area contributed by atoms with Crippen LogP contribution < -0.4 is 10.1 Å². The van der Waals surface area contributed by atoms with Gasteiger partial charge in [0.2, 0.25) is 0 Å². The molecule has 0 amide bonds. The van der Waals surface area contributed by atoms with E-state index in [1.54, 1.807) is 14.2 Å². The molecule has 1 aromatic carbocycles. The molecular weight excluding hydrogens is 302 g/mol. The third-order valence-corrected chi connectivity index (χ3v) is 6.57. The predicted molar refractivity (Wildman–Crippen MR) is 93.2 cm³/mol. The topological polar surface area (TPSA) is 39.7 Å². The summed E-state index contributed by atoms with van der Waals surface area (Å²) >= 11 is 0. The van der Waals surface area contributed by atoms with Crippen molar-refractivity contribution in [3.8, 4) is 5.75 Å². The summed E-state index contributed by atoms with van der Waals surface area (Å²) in [6.07, 6.45) is 5.76. The first kappa shape index (κ1) is 16.4. The van der Waals surface area contributed by atoms with Crippen LogP contribution in [-0.4, -0.2) is 33.0 Å². The van der Waals surface area contributed by atoms with E-state index < -0.39 is 0 Å². The summed E-state index contributed by atoms with van der Waals surface area (Å²) in [5.74, 6) is 1.61. The van der Waals surface area contributed by atoms with Gasteiger partial charge in [-0.1, -0.05) is 12.5 Å². The van der Waals surface area contributed by atoms with Crippen LogP contribution in [0, 0.1) is 11.3 Å². The third-order valence-electron chi connectivity index (χ3n) is 6.57. The van der Waals surface area contributed by atoms with Gasteiger partial charge in [-0.3, -0.25) is 0 Å². The van der Waals surface area contributed by atoms with Gasteiger partial charge in [0.25, 0.3) is 0 Å². The van der Waals surface area contributed by atoms with Gasteiger partial charge in [0.15, 0.2) is 0 Å². The van der Waals surface area contributed by atoms with Crippen molar-refractivity contribution in [3.63, 3.8) is 0 Å². The summed E-state index contributed by atoms with van der Waals surface area (Å²) < 4.78 is 16.8. The van der Waals surface area contributed by atoms with Crippen LogP contribution in [0.5, 0.6) is 5.75 Å². The highest BCUT2D eigenvalue weighted by Crippen LogP contribution is 2.63. The number of methoxy groups -OCH3 is 2. The summed E-state index contributed by atoms with van der Waals surface area (Å²) in [7, 11) is 3.44. The molecule has 1 N–H and O–H groups in total. The average Bonchev–Trinajstić information content (AvgIpc) is 2.96. The summed E-state index contributed by atoms with van der Waals surface area (Å²) in [6.45, 7) is 3.80. The number of hydrogen-bond acceptors (Lipinski definition) is 4. The molecule has 4 nitrogen and oxygen atoms in total. The van der Waals surface area contributed by atoms with Gasteiger partial charge >= 0.3 is 0 Å². The molecule has 4 rings (SSSR count). The molecule has 2 aliphatic carbocycles. The molecule has 0 aromatic heterocycles. The first-order chi connectivity index (χ1) is 11.7. The van der Waals surface area contributed by atoms with E-state index in [-0.39, 0.29) is 0 Å². The summed E-state index contributed by atoms with van der Waals surface area (Å²) in [5.41, 5.74) is 2.84. The lowest BCUT2D eigenvalue weighted by Crippen LogP contribution is -2.71. The molecule has 1 heterocycles. The molecular formula is C20H29NO3. The monoisotopic (exact) mass is 331 g/mol. The van der Waals surface area contributed by atoms with Crippen LogP contribution in [0.3, 0.4) is 0 Å². The van der Waals surface area contributed by atoms with Gasteiger partial charge in [0, 0.05) is 42.7 Å². The van der Waals surface area contributed by atoms with E-state index in [1.807, 2.05) is 0 Å². The smallest absolute Gasteiger partial charge is 0.124 e. The van der Waals surface area contributed by atoms with Gasteiger partial charge in [-0.2, -0.15) is 0 Å². The lowest BCUT2D eigenvalue weighted by molar-refractivity contribution is -0.178. The van der Waals surface area contributed by atoms with Gasteiger partial charge in [-0.05, 0) is 43.9 Å². The molecule has 0 bridgehead atoms. The van der Waals surface area contributed by atoms with Gasteiger partial charge < -0.3 is 19.5 Å². The summed E-state index contributed by atoms with van der Waals surface area (Å²) in [4.78, 5) is 0. The summed E-state index contributed by atoms with van der Waals surface area (Å²) in [6, 6.07) is 7.39. The third kappa shape index (κ3) is 2.39. The van der Waals surface area contributed by atoms with E-state index in [9.17, 15) is 0 Å². The van der Waals surface area contributed by atoms with Crippen LogP contribution in [0.25, 0.3) is 0 Å². The van der Waals surface area contributed by atoms with Crippen molar-refractivity contribution in [3.05, 3.63) is 29.3 Å². The van der Waals surface area contributed by atoms with Gasteiger partial charge in [0.1, 0.15) is 5.75 Å². The molecule has 1 saturated heterocycles. The summed E-state index contributed by atoms with van der Waals surface area (Å²) in [5, 5.41) is 3.94. The maximum absolute atomic E-state index is 6.04. The van der Waals surface area contributed by atoms with E-state index in [1.165, 1.54) is 31.2 Å². The lowest BCUT2D eigenvalue weighted by Gasteiger charge is -2.64. The zero-order chi connectivity index (χ0) is 16.7. The lowest BCUT2D eigenvalue weighted by atomic mass is 9.46. The van der Waals surface area contributed by atoms with E-state index in [2.05, 4.69) is 30.4 Å². The Morgan fingerprint density at radius 3 is 2.83 bits per heavy atom. The maximum Gasteiger partial charge on any atom is 0.124 e. The Kier molecular flexibility index (Phi) is 4.31. The Hall–Kier alpha value is -1.10. The van der Waals surface area contributed by atoms with Crippen LogP contribution >= 0.6 is 0 Å². The average molecular weight is 331 g/mol. The molecule has 1 aliphatic heterocycles. The highest BCUT2D eigenvalue weighted by molar-refractivity contribution is 5.38. The molecule has 0 unspecified atom stereocenters. The normalized spacial score (nSPS) is 31.2. The maximum atomic E-state index is 6.04. The molecule has 1 spiro atoms. The molecule has 3 fully saturated rings. The van der Waals surface area contributed by atoms with Crippen LogP contribution in [0.4, 0.5) is 0 Å². The molecule has 1 aromatic rings. The van der Waals surface area contributed by atoms with Crippen LogP contribution in [0.1, 0.15) is 49.8 Å². The van der Waals surface area contributed by atoms with Crippen molar-refractivity contribution in [2.75, 3.05) is 20.8 Å². The minimum absolute atomic E-state index is 0.329. The second-order valence-electron chi connectivity index (χ2n) is 7.70. The van der Waals surface area contributed by atoms with Crippen molar-refractivity contribution in [1.82, 2.24) is 5.32 Å². The molecule has 0 radical (unpaired) electrons. The zero-order valence-electron chi connectivity index (χ0n) is 15.0. The van der Waals surface area contributed by atoms with Gasteiger partial charge in [0.05, 0.1) is 19.8 Å². The van der Waals surface area contributed by atoms with Gasteiger partial charge in [-0.25, -0.2) is 0 Å². The van der Waals surface area contributed by atoms with Crippen molar-refractivity contribution in [1.29, 1.82) is 0 Å². The van der Waals surface area contributed by atoms with Crippen LogP contribution in [0.15, 0.2) is 18.2 Å². The molecule has 2 saturated carbocycles. The Bertz CT molecular complexity index is 599.